The molecule has 3 rings (SSSR count). The molecule has 1 saturated carbocycles. The van der Waals surface area contributed by atoms with E-state index in [0.717, 1.165) is 34.5 Å². The smallest absolute Gasteiger partial charge is 0.131 e. The molecule has 2 aromatic rings. The fraction of sp³-hybridized carbons (Fsp3) is 0.438. The number of nitrogens with two attached hydrogens (primary N) is 1. The summed E-state index contributed by atoms with van der Waals surface area (Å²) in [6.45, 7) is 5.22. The zero-order chi connectivity index (χ0) is 14.3. The molecule has 1 fully saturated rings. The van der Waals surface area contributed by atoms with Crippen LogP contribution in [0.1, 0.15) is 43.5 Å². The lowest BCUT2D eigenvalue weighted by molar-refractivity contribution is 0.646. The van der Waals surface area contributed by atoms with Gasteiger partial charge in [0.1, 0.15) is 17.3 Å². The summed E-state index contributed by atoms with van der Waals surface area (Å²) in [6, 6.07) is 6.32. The van der Waals surface area contributed by atoms with Gasteiger partial charge in [0.05, 0.1) is 0 Å². The normalized spacial score (nSPS) is 14.8. The van der Waals surface area contributed by atoms with Crippen LogP contribution >= 0.6 is 15.9 Å². The molecule has 0 radical (unpaired) electrons. The standard InChI is InChI=1S/C16H20BrN3/c1-3-8-20-15(18)14(19-16(20)11-5-6-11)12-7-4-10(2)9-13(12)17/h4,7,9,11H,3,5-6,8,18H2,1-2H3. The van der Waals surface area contributed by atoms with Crippen LogP contribution in [0.25, 0.3) is 11.3 Å². The van der Waals surface area contributed by atoms with E-state index in [4.69, 9.17) is 10.7 Å². The Morgan fingerprint density at radius 1 is 1.40 bits per heavy atom. The van der Waals surface area contributed by atoms with E-state index in [2.05, 4.69) is 52.5 Å². The number of rotatable bonds is 4. The van der Waals surface area contributed by atoms with Crippen molar-refractivity contribution in [2.45, 2.75) is 45.6 Å². The maximum Gasteiger partial charge on any atom is 0.131 e. The van der Waals surface area contributed by atoms with E-state index in [0.29, 0.717) is 5.92 Å². The van der Waals surface area contributed by atoms with Crippen LogP contribution in [-0.4, -0.2) is 9.55 Å². The first-order chi connectivity index (χ1) is 9.61. The lowest BCUT2D eigenvalue weighted by atomic mass is 10.1. The Kier molecular flexibility index (Phi) is 3.59. The number of halogens is 1. The average Bonchev–Trinajstić information content (AvgIpc) is 3.19. The maximum atomic E-state index is 6.37. The molecule has 0 atom stereocenters. The Balaban J connectivity index is 2.11. The van der Waals surface area contributed by atoms with Gasteiger partial charge in [-0.05, 0) is 37.8 Å². The molecule has 2 N–H and O–H groups in total. The number of aryl methyl sites for hydroxylation is 1. The zero-order valence-electron chi connectivity index (χ0n) is 12.0. The van der Waals surface area contributed by atoms with Crippen molar-refractivity contribution in [1.82, 2.24) is 9.55 Å². The number of benzene rings is 1. The molecule has 0 aliphatic heterocycles. The van der Waals surface area contributed by atoms with Gasteiger partial charge in [0.2, 0.25) is 0 Å². The molecule has 0 saturated heterocycles. The van der Waals surface area contributed by atoms with Gasteiger partial charge in [0.25, 0.3) is 0 Å². The molecule has 0 amide bonds. The summed E-state index contributed by atoms with van der Waals surface area (Å²) < 4.78 is 3.27. The molecule has 0 unspecified atom stereocenters. The van der Waals surface area contributed by atoms with Crippen LogP contribution in [0.5, 0.6) is 0 Å². The van der Waals surface area contributed by atoms with Crippen LogP contribution in [0, 0.1) is 6.92 Å². The summed E-state index contributed by atoms with van der Waals surface area (Å²) in [7, 11) is 0. The van der Waals surface area contributed by atoms with Crippen molar-refractivity contribution in [3.63, 3.8) is 0 Å². The van der Waals surface area contributed by atoms with Gasteiger partial charge >= 0.3 is 0 Å². The fourth-order valence-electron chi connectivity index (χ4n) is 2.61. The lowest BCUT2D eigenvalue weighted by Crippen LogP contribution is -2.06. The molecule has 1 aromatic heterocycles. The average molecular weight is 334 g/mol. The van der Waals surface area contributed by atoms with Crippen molar-refractivity contribution in [2.24, 2.45) is 0 Å². The van der Waals surface area contributed by atoms with E-state index in [1.165, 1.54) is 24.2 Å². The van der Waals surface area contributed by atoms with Crippen molar-refractivity contribution in [1.29, 1.82) is 0 Å². The zero-order valence-corrected chi connectivity index (χ0v) is 13.6. The number of anilines is 1. The minimum Gasteiger partial charge on any atom is -0.383 e. The van der Waals surface area contributed by atoms with Crippen molar-refractivity contribution in [3.8, 4) is 11.3 Å². The maximum absolute atomic E-state index is 6.37. The van der Waals surface area contributed by atoms with Crippen LogP contribution < -0.4 is 5.73 Å². The molecule has 20 heavy (non-hydrogen) atoms. The number of aromatic nitrogens is 2. The summed E-state index contributed by atoms with van der Waals surface area (Å²) in [5, 5.41) is 0. The minimum absolute atomic E-state index is 0.613. The van der Waals surface area contributed by atoms with Crippen molar-refractivity contribution < 1.29 is 0 Å². The molecule has 1 heterocycles. The molecular formula is C16H20BrN3. The Hall–Kier alpha value is -1.29. The van der Waals surface area contributed by atoms with Gasteiger partial charge in [-0.2, -0.15) is 0 Å². The fourth-order valence-corrected chi connectivity index (χ4v) is 3.29. The van der Waals surface area contributed by atoms with Crippen LogP contribution in [0.15, 0.2) is 22.7 Å². The van der Waals surface area contributed by atoms with Gasteiger partial charge in [0.15, 0.2) is 0 Å². The van der Waals surface area contributed by atoms with Crippen molar-refractivity contribution in [3.05, 3.63) is 34.1 Å². The van der Waals surface area contributed by atoms with Crippen molar-refractivity contribution >= 4 is 21.7 Å². The van der Waals surface area contributed by atoms with Crippen LogP contribution in [0.2, 0.25) is 0 Å². The first kappa shape index (κ1) is 13.7. The molecule has 106 valence electrons. The summed E-state index contributed by atoms with van der Waals surface area (Å²) >= 11 is 3.64. The number of imidazole rings is 1. The molecule has 4 heteroatoms. The third kappa shape index (κ3) is 2.37. The highest BCUT2D eigenvalue weighted by molar-refractivity contribution is 9.10. The lowest BCUT2D eigenvalue weighted by Gasteiger charge is -2.08. The Morgan fingerprint density at radius 2 is 2.15 bits per heavy atom. The molecule has 0 bridgehead atoms. The van der Waals surface area contributed by atoms with E-state index in [1.54, 1.807) is 0 Å². The summed E-state index contributed by atoms with van der Waals surface area (Å²) in [6.07, 6.45) is 3.57. The van der Waals surface area contributed by atoms with Crippen LogP contribution in [-0.2, 0) is 6.54 Å². The summed E-state index contributed by atoms with van der Waals surface area (Å²) in [4.78, 5) is 4.86. The third-order valence-corrected chi connectivity index (χ3v) is 4.46. The van der Waals surface area contributed by atoms with Crippen molar-refractivity contribution in [2.75, 3.05) is 5.73 Å². The van der Waals surface area contributed by atoms with Gasteiger partial charge in [0, 0.05) is 22.5 Å². The first-order valence-electron chi connectivity index (χ1n) is 7.24. The van der Waals surface area contributed by atoms with Gasteiger partial charge in [-0.1, -0.05) is 35.0 Å². The van der Waals surface area contributed by atoms with Gasteiger partial charge in [-0.25, -0.2) is 4.98 Å². The second-order valence-corrected chi connectivity index (χ2v) is 6.47. The number of nitrogens with zero attached hydrogens (tertiary/aromatic N) is 2. The number of nitrogen functional groups attached to an aromatic ring is 1. The van der Waals surface area contributed by atoms with Gasteiger partial charge in [-0.15, -0.1) is 0 Å². The highest BCUT2D eigenvalue weighted by Crippen LogP contribution is 2.43. The number of hydrogen-bond acceptors (Lipinski definition) is 2. The molecule has 1 aromatic carbocycles. The highest BCUT2D eigenvalue weighted by Gasteiger charge is 2.31. The molecule has 1 aliphatic carbocycles. The topological polar surface area (TPSA) is 43.8 Å². The van der Waals surface area contributed by atoms with Gasteiger partial charge in [-0.3, -0.25) is 0 Å². The Labute approximate surface area is 128 Å². The Morgan fingerprint density at radius 3 is 2.75 bits per heavy atom. The van der Waals surface area contributed by atoms with E-state index >= 15 is 0 Å². The SMILES string of the molecule is CCCn1c(C2CC2)nc(-c2ccc(C)cc2Br)c1N. The summed E-state index contributed by atoms with van der Waals surface area (Å²) in [5.41, 5.74) is 9.62. The van der Waals surface area contributed by atoms with E-state index in [9.17, 15) is 0 Å². The van der Waals surface area contributed by atoms with Crippen LogP contribution in [0.4, 0.5) is 5.82 Å². The largest absolute Gasteiger partial charge is 0.383 e. The number of hydrogen-bond donors (Lipinski definition) is 1. The second kappa shape index (κ2) is 5.24. The highest BCUT2D eigenvalue weighted by atomic mass is 79.9. The van der Waals surface area contributed by atoms with Crippen LogP contribution in [0.3, 0.4) is 0 Å². The monoisotopic (exact) mass is 333 g/mol. The van der Waals surface area contributed by atoms with E-state index in [1.807, 2.05) is 0 Å². The van der Waals surface area contributed by atoms with E-state index < -0.39 is 0 Å². The molecule has 3 nitrogen and oxygen atoms in total. The third-order valence-electron chi connectivity index (χ3n) is 3.81. The first-order valence-corrected chi connectivity index (χ1v) is 8.03. The quantitative estimate of drug-likeness (QED) is 0.895. The molecular weight excluding hydrogens is 314 g/mol. The predicted octanol–water partition coefficient (Wildman–Crippen LogP) is 4.49. The van der Waals surface area contributed by atoms with E-state index in [-0.39, 0.29) is 0 Å². The summed E-state index contributed by atoms with van der Waals surface area (Å²) in [5.74, 6) is 2.59. The molecule has 0 spiro atoms. The second-order valence-electron chi connectivity index (χ2n) is 5.61. The predicted molar refractivity (Wildman–Crippen MR) is 86.8 cm³/mol. The minimum atomic E-state index is 0.613. The molecule has 1 aliphatic rings. The Bertz CT molecular complexity index is 641. The van der Waals surface area contributed by atoms with Gasteiger partial charge < -0.3 is 10.3 Å².